The Labute approximate surface area is 216 Å². The number of carbonyl (C=O) groups excluding carboxylic acids is 1. The fourth-order valence-corrected chi connectivity index (χ4v) is 4.92. The van der Waals surface area contributed by atoms with Crippen molar-refractivity contribution < 1.29 is 4.79 Å². The van der Waals surface area contributed by atoms with E-state index in [-0.39, 0.29) is 11.8 Å². The van der Waals surface area contributed by atoms with Crippen LogP contribution in [0.1, 0.15) is 55.2 Å². The molecule has 5 rings (SSSR count). The molecule has 1 fully saturated rings. The average Bonchev–Trinajstić information content (AvgIpc) is 3.18. The minimum Gasteiger partial charge on any atom is -0.354 e. The summed E-state index contributed by atoms with van der Waals surface area (Å²) in [5, 5.41) is 6.26. The van der Waals surface area contributed by atoms with E-state index in [0.717, 1.165) is 54.2 Å². The minimum atomic E-state index is 0.0375. The van der Waals surface area contributed by atoms with Gasteiger partial charge in [-0.3, -0.25) is 4.79 Å². The zero-order chi connectivity index (χ0) is 25.1. The molecule has 0 saturated carbocycles. The zero-order valence-corrected chi connectivity index (χ0v) is 21.5. The van der Waals surface area contributed by atoms with Crippen LogP contribution < -0.4 is 4.90 Å². The number of halogens is 1. The van der Waals surface area contributed by atoms with Gasteiger partial charge in [0.05, 0.1) is 17.3 Å². The lowest BCUT2D eigenvalue weighted by molar-refractivity contribution is 0.0767. The Morgan fingerprint density at radius 2 is 1.78 bits per heavy atom. The summed E-state index contributed by atoms with van der Waals surface area (Å²) in [6.45, 7) is 7.21. The van der Waals surface area contributed by atoms with Gasteiger partial charge in [-0.1, -0.05) is 50.1 Å². The van der Waals surface area contributed by atoms with Crippen LogP contribution in [0, 0.1) is 0 Å². The van der Waals surface area contributed by atoms with E-state index in [0.29, 0.717) is 30.2 Å². The van der Waals surface area contributed by atoms with E-state index in [9.17, 15) is 4.79 Å². The molecular weight excluding hydrogens is 472 g/mol. The number of fused-ring (bicyclic) bond motifs is 1. The summed E-state index contributed by atoms with van der Waals surface area (Å²) >= 11 is 6.01. The van der Waals surface area contributed by atoms with E-state index < -0.39 is 0 Å². The van der Waals surface area contributed by atoms with Gasteiger partial charge in [-0.25, -0.2) is 14.6 Å². The van der Waals surface area contributed by atoms with Gasteiger partial charge in [-0.2, -0.15) is 5.10 Å². The molecular formula is C28H31ClN6O. The van der Waals surface area contributed by atoms with Gasteiger partial charge in [-0.05, 0) is 49.2 Å². The Hall–Kier alpha value is -3.45. The predicted octanol–water partition coefficient (Wildman–Crippen LogP) is 5.73. The molecule has 1 saturated heterocycles. The fraction of sp³-hybridized carbons (Fsp3) is 0.357. The molecule has 1 aliphatic heterocycles. The quantitative estimate of drug-likeness (QED) is 0.337. The minimum absolute atomic E-state index is 0.0375. The number of aromatic nitrogens is 4. The van der Waals surface area contributed by atoms with Gasteiger partial charge in [-0.15, -0.1) is 0 Å². The van der Waals surface area contributed by atoms with Crippen molar-refractivity contribution in [1.29, 1.82) is 0 Å². The second-order valence-electron chi connectivity index (χ2n) is 9.36. The highest BCUT2D eigenvalue weighted by Crippen LogP contribution is 2.30. The smallest absolute Gasteiger partial charge is 0.253 e. The molecule has 1 amide bonds. The summed E-state index contributed by atoms with van der Waals surface area (Å²) in [6.07, 6.45) is 4.82. The van der Waals surface area contributed by atoms with Gasteiger partial charge in [0.2, 0.25) is 0 Å². The first-order chi connectivity index (χ1) is 17.5. The van der Waals surface area contributed by atoms with Crippen molar-refractivity contribution in [3.63, 3.8) is 0 Å². The summed E-state index contributed by atoms with van der Waals surface area (Å²) in [4.78, 5) is 27.4. The van der Waals surface area contributed by atoms with Gasteiger partial charge in [0.25, 0.3) is 5.91 Å². The second-order valence-corrected chi connectivity index (χ2v) is 9.80. The molecule has 1 atom stereocenters. The molecule has 36 heavy (non-hydrogen) atoms. The van der Waals surface area contributed by atoms with Gasteiger partial charge >= 0.3 is 0 Å². The van der Waals surface area contributed by atoms with Gasteiger partial charge in [0.15, 0.2) is 5.65 Å². The molecule has 4 aromatic rings. The molecule has 3 heterocycles. The Morgan fingerprint density at radius 1 is 1.00 bits per heavy atom. The van der Waals surface area contributed by atoms with Crippen molar-refractivity contribution >= 4 is 34.4 Å². The molecule has 0 aliphatic carbocycles. The largest absolute Gasteiger partial charge is 0.354 e. The van der Waals surface area contributed by atoms with Crippen molar-refractivity contribution in [3.05, 3.63) is 77.2 Å². The maximum Gasteiger partial charge on any atom is 0.253 e. The van der Waals surface area contributed by atoms with Crippen LogP contribution >= 0.6 is 11.6 Å². The normalized spacial score (nSPS) is 15.2. The highest BCUT2D eigenvalue weighted by molar-refractivity contribution is 6.30. The lowest BCUT2D eigenvalue weighted by atomic mass is 10.1. The molecule has 2 aromatic carbocycles. The molecule has 2 aromatic heterocycles. The summed E-state index contributed by atoms with van der Waals surface area (Å²) < 4.78 is 1.90. The molecule has 0 bridgehead atoms. The third-order valence-electron chi connectivity index (χ3n) is 6.76. The Kier molecular flexibility index (Phi) is 7.18. The van der Waals surface area contributed by atoms with Crippen LogP contribution in [0.15, 0.2) is 60.8 Å². The molecule has 0 spiro atoms. The van der Waals surface area contributed by atoms with Crippen LogP contribution in [0.3, 0.4) is 0 Å². The molecule has 1 unspecified atom stereocenters. The standard InChI is InChI=1S/C28H31ClN6O/c1-3-8-20(2)25-31-26(24-19-30-35(27(24)32-25)23-9-5-4-6-10-23)33-15-7-16-34(18-17-33)28(36)21-11-13-22(29)14-12-21/h4-6,9-14,19-20H,3,7-8,15-18H2,1-2H3. The number of rotatable bonds is 6. The number of hydrogen-bond donors (Lipinski definition) is 0. The molecule has 0 radical (unpaired) electrons. The lowest BCUT2D eigenvalue weighted by Gasteiger charge is -2.24. The monoisotopic (exact) mass is 502 g/mol. The van der Waals surface area contributed by atoms with Crippen molar-refractivity contribution in [3.8, 4) is 5.69 Å². The van der Waals surface area contributed by atoms with Gasteiger partial charge < -0.3 is 9.80 Å². The molecule has 1 aliphatic rings. The molecule has 186 valence electrons. The van der Waals surface area contributed by atoms with E-state index in [2.05, 4.69) is 18.7 Å². The summed E-state index contributed by atoms with van der Waals surface area (Å²) in [5.74, 6) is 2.03. The molecule has 8 heteroatoms. The second kappa shape index (κ2) is 10.7. The summed E-state index contributed by atoms with van der Waals surface area (Å²) in [7, 11) is 0. The summed E-state index contributed by atoms with van der Waals surface area (Å²) in [6, 6.07) is 17.2. The number of amides is 1. The fourth-order valence-electron chi connectivity index (χ4n) is 4.80. The van der Waals surface area contributed by atoms with Crippen LogP contribution in [-0.4, -0.2) is 56.7 Å². The number of para-hydroxylation sites is 1. The Morgan fingerprint density at radius 3 is 2.53 bits per heavy atom. The van der Waals surface area contributed by atoms with E-state index in [1.807, 2.05) is 46.1 Å². The van der Waals surface area contributed by atoms with Gasteiger partial charge in [0, 0.05) is 42.7 Å². The van der Waals surface area contributed by atoms with Crippen LogP contribution in [0.25, 0.3) is 16.7 Å². The van der Waals surface area contributed by atoms with E-state index >= 15 is 0 Å². The molecule has 7 nitrogen and oxygen atoms in total. The van der Waals surface area contributed by atoms with Crippen LogP contribution in [-0.2, 0) is 0 Å². The van der Waals surface area contributed by atoms with Crippen molar-refractivity contribution in [2.75, 3.05) is 31.1 Å². The third kappa shape index (κ3) is 4.93. The zero-order valence-electron chi connectivity index (χ0n) is 20.8. The third-order valence-corrected chi connectivity index (χ3v) is 7.01. The van der Waals surface area contributed by atoms with Crippen LogP contribution in [0.2, 0.25) is 5.02 Å². The summed E-state index contributed by atoms with van der Waals surface area (Å²) in [5.41, 5.74) is 2.46. The Bertz CT molecular complexity index is 1340. The van der Waals surface area contributed by atoms with E-state index in [1.54, 1.807) is 24.3 Å². The first-order valence-electron chi connectivity index (χ1n) is 12.7. The predicted molar refractivity (Wildman–Crippen MR) is 144 cm³/mol. The number of anilines is 1. The van der Waals surface area contributed by atoms with E-state index in [1.165, 1.54) is 0 Å². The van der Waals surface area contributed by atoms with E-state index in [4.69, 9.17) is 26.7 Å². The number of carbonyl (C=O) groups is 1. The first kappa shape index (κ1) is 24.3. The van der Waals surface area contributed by atoms with Crippen LogP contribution in [0.4, 0.5) is 5.82 Å². The lowest BCUT2D eigenvalue weighted by Crippen LogP contribution is -2.35. The maximum atomic E-state index is 13.1. The number of nitrogens with zero attached hydrogens (tertiary/aromatic N) is 6. The molecule has 0 N–H and O–H groups in total. The average molecular weight is 503 g/mol. The topological polar surface area (TPSA) is 67.2 Å². The highest BCUT2D eigenvalue weighted by atomic mass is 35.5. The number of hydrogen-bond acceptors (Lipinski definition) is 5. The maximum absolute atomic E-state index is 13.1. The van der Waals surface area contributed by atoms with Crippen molar-refractivity contribution in [2.45, 2.75) is 39.0 Å². The van der Waals surface area contributed by atoms with Gasteiger partial charge in [0.1, 0.15) is 11.6 Å². The number of benzene rings is 2. The first-order valence-corrected chi connectivity index (χ1v) is 13.0. The van der Waals surface area contributed by atoms with Crippen molar-refractivity contribution in [2.24, 2.45) is 0 Å². The highest BCUT2D eigenvalue weighted by Gasteiger charge is 2.25. The Balaban J connectivity index is 1.47. The SMILES string of the molecule is CCCC(C)c1nc(N2CCCN(C(=O)c3ccc(Cl)cc3)CC2)c2cnn(-c3ccccc3)c2n1. The van der Waals surface area contributed by atoms with Crippen molar-refractivity contribution in [1.82, 2.24) is 24.6 Å². The van der Waals surface area contributed by atoms with Crippen LogP contribution in [0.5, 0.6) is 0 Å².